The Kier molecular flexibility index (Phi) is 6.93. The molecule has 0 aliphatic rings. The van der Waals surface area contributed by atoms with Crippen LogP contribution in [-0.2, 0) is 0 Å². The molecule has 7 heteroatoms. The second kappa shape index (κ2) is 9.40. The van der Waals surface area contributed by atoms with Crippen molar-refractivity contribution in [1.29, 1.82) is 5.26 Å². The molecule has 130 valence electrons. The summed E-state index contributed by atoms with van der Waals surface area (Å²) in [6, 6.07) is 15.5. The fourth-order valence-corrected chi connectivity index (χ4v) is 2.03. The van der Waals surface area contributed by atoms with Crippen molar-refractivity contribution in [1.82, 2.24) is 4.90 Å². The van der Waals surface area contributed by atoms with Crippen LogP contribution in [0.5, 0.6) is 11.5 Å². The number of hydrogen-bond acceptors (Lipinski definition) is 4. The molecule has 0 heterocycles. The molecular weight excluding hydrogens is 342 g/mol. The normalized spacial score (nSPS) is 9.80. The van der Waals surface area contributed by atoms with Crippen LogP contribution in [-0.4, -0.2) is 37.7 Å². The highest BCUT2D eigenvalue weighted by molar-refractivity contribution is 6.30. The number of ether oxygens (including phenoxy) is 2. The predicted molar refractivity (Wildman–Crippen MR) is 96.1 cm³/mol. The number of anilines is 1. The number of carbonyl (C=O) groups excluding carboxylic acids is 1. The van der Waals surface area contributed by atoms with Crippen LogP contribution in [0.4, 0.5) is 10.5 Å². The van der Waals surface area contributed by atoms with Crippen molar-refractivity contribution < 1.29 is 14.3 Å². The molecule has 2 aromatic rings. The zero-order valence-electron chi connectivity index (χ0n) is 13.7. The lowest BCUT2D eigenvalue weighted by Crippen LogP contribution is -2.34. The third kappa shape index (κ3) is 6.24. The molecule has 2 amide bonds. The Morgan fingerprint density at radius 3 is 2.36 bits per heavy atom. The largest absolute Gasteiger partial charge is 0.492 e. The van der Waals surface area contributed by atoms with Gasteiger partial charge in [-0.2, -0.15) is 5.26 Å². The van der Waals surface area contributed by atoms with Gasteiger partial charge in [0.05, 0.1) is 6.54 Å². The van der Waals surface area contributed by atoms with E-state index in [0.29, 0.717) is 35.4 Å². The zero-order valence-corrected chi connectivity index (χ0v) is 14.5. The fourth-order valence-electron chi connectivity index (χ4n) is 1.90. The van der Waals surface area contributed by atoms with Gasteiger partial charge in [0.15, 0.2) is 6.61 Å². The molecule has 0 saturated carbocycles. The minimum atomic E-state index is -0.245. The maximum absolute atomic E-state index is 12.1. The Bertz CT molecular complexity index is 727. The lowest BCUT2D eigenvalue weighted by atomic mass is 10.3. The molecular formula is C18H18ClN3O3. The second-order valence-corrected chi connectivity index (χ2v) is 5.56. The Labute approximate surface area is 151 Å². The van der Waals surface area contributed by atoms with Crippen LogP contribution < -0.4 is 14.8 Å². The summed E-state index contributed by atoms with van der Waals surface area (Å²) in [7, 11) is 1.69. The number of nitrogens with one attached hydrogen (secondary N) is 1. The van der Waals surface area contributed by atoms with Crippen molar-refractivity contribution >= 4 is 23.3 Å². The number of halogens is 1. The first kappa shape index (κ1) is 18.4. The van der Waals surface area contributed by atoms with Crippen LogP contribution >= 0.6 is 11.6 Å². The first-order chi connectivity index (χ1) is 12.1. The van der Waals surface area contributed by atoms with Crippen molar-refractivity contribution in [2.75, 3.05) is 32.1 Å². The van der Waals surface area contributed by atoms with E-state index in [4.69, 9.17) is 26.3 Å². The van der Waals surface area contributed by atoms with E-state index in [-0.39, 0.29) is 12.6 Å². The molecule has 2 aromatic carbocycles. The number of benzene rings is 2. The van der Waals surface area contributed by atoms with Crippen molar-refractivity contribution in [3.05, 3.63) is 53.6 Å². The molecule has 6 nitrogen and oxygen atoms in total. The summed E-state index contributed by atoms with van der Waals surface area (Å²) in [6.45, 7) is 0.784. The van der Waals surface area contributed by atoms with E-state index in [1.165, 1.54) is 4.90 Å². The first-order valence-corrected chi connectivity index (χ1v) is 7.96. The molecule has 0 fully saturated rings. The van der Waals surface area contributed by atoms with Crippen LogP contribution in [0.25, 0.3) is 0 Å². The number of urea groups is 1. The summed E-state index contributed by atoms with van der Waals surface area (Å²) >= 11 is 5.81. The fraction of sp³-hybridized carbons (Fsp3) is 0.222. The minimum absolute atomic E-state index is 0.0118. The van der Waals surface area contributed by atoms with E-state index in [9.17, 15) is 4.79 Å². The molecule has 0 aromatic heterocycles. The minimum Gasteiger partial charge on any atom is -0.492 e. The number of nitriles is 1. The molecule has 0 spiro atoms. The van der Waals surface area contributed by atoms with Crippen LogP contribution in [0, 0.1) is 11.3 Å². The van der Waals surface area contributed by atoms with Gasteiger partial charge >= 0.3 is 6.03 Å². The Morgan fingerprint density at radius 1 is 1.12 bits per heavy atom. The van der Waals surface area contributed by atoms with Crippen LogP contribution in [0.3, 0.4) is 0 Å². The third-order valence-electron chi connectivity index (χ3n) is 3.26. The highest BCUT2D eigenvalue weighted by Crippen LogP contribution is 2.16. The van der Waals surface area contributed by atoms with Crippen LogP contribution in [0.2, 0.25) is 5.02 Å². The molecule has 0 aliphatic carbocycles. The first-order valence-electron chi connectivity index (χ1n) is 7.59. The van der Waals surface area contributed by atoms with Crippen molar-refractivity contribution in [3.8, 4) is 17.6 Å². The quantitative estimate of drug-likeness (QED) is 0.816. The second-order valence-electron chi connectivity index (χ2n) is 5.13. The molecule has 0 unspecified atom stereocenters. The van der Waals surface area contributed by atoms with Gasteiger partial charge in [0.25, 0.3) is 0 Å². The summed E-state index contributed by atoms with van der Waals surface area (Å²) in [5.74, 6) is 1.27. The predicted octanol–water partition coefficient (Wildman–Crippen LogP) is 3.79. The lowest BCUT2D eigenvalue weighted by molar-refractivity contribution is 0.207. The zero-order chi connectivity index (χ0) is 18.1. The molecule has 25 heavy (non-hydrogen) atoms. The van der Waals surface area contributed by atoms with E-state index in [1.807, 2.05) is 6.07 Å². The number of carbonyl (C=O) groups is 1. The Morgan fingerprint density at radius 2 is 1.72 bits per heavy atom. The van der Waals surface area contributed by atoms with Crippen molar-refractivity contribution in [3.63, 3.8) is 0 Å². The van der Waals surface area contributed by atoms with Gasteiger partial charge in [-0.1, -0.05) is 11.6 Å². The van der Waals surface area contributed by atoms with Crippen molar-refractivity contribution in [2.24, 2.45) is 0 Å². The number of hydrogen-bond donors (Lipinski definition) is 1. The highest BCUT2D eigenvalue weighted by Gasteiger charge is 2.09. The average molecular weight is 360 g/mol. The molecule has 0 aliphatic heterocycles. The molecule has 0 bridgehead atoms. The number of nitrogens with zero attached hydrogens (tertiary/aromatic N) is 2. The molecule has 1 N–H and O–H groups in total. The van der Waals surface area contributed by atoms with E-state index in [0.717, 1.165) is 0 Å². The summed E-state index contributed by atoms with van der Waals surface area (Å²) in [5, 5.41) is 11.9. The summed E-state index contributed by atoms with van der Waals surface area (Å²) < 4.78 is 10.7. The van der Waals surface area contributed by atoms with E-state index in [1.54, 1.807) is 55.6 Å². The third-order valence-corrected chi connectivity index (χ3v) is 3.52. The monoisotopic (exact) mass is 359 g/mol. The van der Waals surface area contributed by atoms with Gasteiger partial charge in [-0.05, 0) is 48.5 Å². The maximum Gasteiger partial charge on any atom is 0.321 e. The van der Waals surface area contributed by atoms with Crippen LogP contribution in [0.1, 0.15) is 0 Å². The van der Waals surface area contributed by atoms with E-state index in [2.05, 4.69) is 5.32 Å². The summed E-state index contributed by atoms with van der Waals surface area (Å²) in [4.78, 5) is 13.6. The average Bonchev–Trinajstić information content (AvgIpc) is 2.62. The summed E-state index contributed by atoms with van der Waals surface area (Å²) in [6.07, 6.45) is 0. The highest BCUT2D eigenvalue weighted by atomic mass is 35.5. The SMILES string of the molecule is CN(CCOc1ccc(Cl)cc1)C(=O)Nc1ccc(OCC#N)cc1. The van der Waals surface area contributed by atoms with Gasteiger partial charge in [0, 0.05) is 17.8 Å². The summed E-state index contributed by atoms with van der Waals surface area (Å²) in [5.41, 5.74) is 0.639. The van der Waals surface area contributed by atoms with E-state index >= 15 is 0 Å². The maximum atomic E-state index is 12.1. The number of amides is 2. The van der Waals surface area contributed by atoms with Gasteiger partial charge in [-0.3, -0.25) is 0 Å². The van der Waals surface area contributed by atoms with Crippen molar-refractivity contribution in [2.45, 2.75) is 0 Å². The van der Waals surface area contributed by atoms with Gasteiger partial charge in [0.1, 0.15) is 24.2 Å². The molecule has 0 atom stereocenters. The Hall–Kier alpha value is -2.91. The van der Waals surface area contributed by atoms with Gasteiger partial charge < -0.3 is 19.7 Å². The van der Waals surface area contributed by atoms with Gasteiger partial charge in [-0.15, -0.1) is 0 Å². The number of rotatable bonds is 7. The van der Waals surface area contributed by atoms with Gasteiger partial charge in [-0.25, -0.2) is 4.79 Å². The lowest BCUT2D eigenvalue weighted by Gasteiger charge is -2.18. The smallest absolute Gasteiger partial charge is 0.321 e. The molecule has 0 radical (unpaired) electrons. The Balaban J connectivity index is 1.75. The number of likely N-dealkylation sites (N-methyl/N-ethyl adjacent to an activating group) is 1. The van der Waals surface area contributed by atoms with E-state index < -0.39 is 0 Å². The molecule has 0 saturated heterocycles. The standard InChI is InChI=1S/C18H18ClN3O3/c1-22(11-13-25-16-6-2-14(19)3-7-16)18(23)21-15-4-8-17(9-5-15)24-12-10-20/h2-9H,11-13H2,1H3,(H,21,23). The van der Waals surface area contributed by atoms with Crippen LogP contribution in [0.15, 0.2) is 48.5 Å². The van der Waals surface area contributed by atoms with Gasteiger partial charge in [0.2, 0.25) is 0 Å². The molecule has 2 rings (SSSR count). The topological polar surface area (TPSA) is 74.6 Å².